The van der Waals surface area contributed by atoms with Crippen LogP contribution in [0.25, 0.3) is 0 Å². The largest absolute Gasteiger partial charge is 0.368 e. The van der Waals surface area contributed by atoms with Crippen LogP contribution in [0.1, 0.15) is 36.4 Å². The molecule has 1 N–H and O–H groups in total. The molecule has 0 spiro atoms. The number of alkyl halides is 2. The maximum absolute atomic E-state index is 14.5. The van der Waals surface area contributed by atoms with Gasteiger partial charge in [-0.2, -0.15) is 14.4 Å². The Hall–Kier alpha value is -3.09. The summed E-state index contributed by atoms with van der Waals surface area (Å²) in [4.78, 5) is 27.5. The van der Waals surface area contributed by atoms with Gasteiger partial charge in [0.15, 0.2) is 17.5 Å². The summed E-state index contributed by atoms with van der Waals surface area (Å²) < 4.78 is 74.4. The Morgan fingerprint density at radius 2 is 1.91 bits per heavy atom. The van der Waals surface area contributed by atoms with E-state index in [2.05, 4.69) is 20.3 Å². The van der Waals surface area contributed by atoms with Gasteiger partial charge in [0.05, 0.1) is 18.8 Å². The van der Waals surface area contributed by atoms with Crippen molar-refractivity contribution in [2.24, 2.45) is 0 Å². The molecule has 3 aliphatic rings. The molecular weight excluding hydrogens is 475 g/mol. The molecular formula is C22H23F5N6O2. The monoisotopic (exact) mass is 498 g/mol. The first-order chi connectivity index (χ1) is 16.6. The first-order valence-electron chi connectivity index (χ1n) is 11.3. The van der Waals surface area contributed by atoms with Crippen LogP contribution in [0.3, 0.4) is 0 Å². The normalized spacial score (nSPS) is 23.5. The van der Waals surface area contributed by atoms with E-state index in [4.69, 9.17) is 4.74 Å². The van der Waals surface area contributed by atoms with Crippen molar-refractivity contribution >= 4 is 23.5 Å². The average Bonchev–Trinajstić information content (AvgIpc) is 3.51. The molecule has 3 aliphatic heterocycles. The minimum atomic E-state index is -2.88. The van der Waals surface area contributed by atoms with Gasteiger partial charge >= 0.3 is 0 Å². The maximum atomic E-state index is 14.5. The van der Waals surface area contributed by atoms with Crippen molar-refractivity contribution in [1.29, 1.82) is 0 Å². The second-order valence-corrected chi connectivity index (χ2v) is 9.09. The molecule has 3 fully saturated rings. The molecule has 0 aromatic carbocycles. The van der Waals surface area contributed by atoms with E-state index in [1.807, 2.05) is 0 Å². The van der Waals surface area contributed by atoms with Gasteiger partial charge in [0.25, 0.3) is 17.8 Å². The maximum Gasteiger partial charge on any atom is 0.282 e. The second-order valence-electron chi connectivity index (χ2n) is 9.09. The lowest BCUT2D eigenvalue weighted by Gasteiger charge is -2.38. The summed E-state index contributed by atoms with van der Waals surface area (Å²) in [6, 6.07) is 1.48. The van der Waals surface area contributed by atoms with Gasteiger partial charge in [-0.1, -0.05) is 0 Å². The summed E-state index contributed by atoms with van der Waals surface area (Å²) in [5, 5.41) is 2.53. The minimum Gasteiger partial charge on any atom is -0.368 e. The van der Waals surface area contributed by atoms with Crippen LogP contribution in [0.15, 0.2) is 6.07 Å². The van der Waals surface area contributed by atoms with Crippen molar-refractivity contribution in [1.82, 2.24) is 19.9 Å². The number of ether oxygens (including phenoxy) is 1. The SMILES string of the molecule is Cc1c(F)c(F)nc(Nc2cc(C3CCN(C(=O)C4CCCO4)C3)nc(N3CC(F)(F)C3)n2)c1F. The zero-order chi connectivity index (χ0) is 24.9. The van der Waals surface area contributed by atoms with Crippen LogP contribution in [0.5, 0.6) is 0 Å². The summed E-state index contributed by atoms with van der Waals surface area (Å²) in [6.07, 6.45) is 1.61. The van der Waals surface area contributed by atoms with Gasteiger partial charge < -0.3 is 19.9 Å². The Balaban J connectivity index is 1.42. The number of anilines is 3. The fourth-order valence-electron chi connectivity index (χ4n) is 4.53. The molecule has 0 saturated carbocycles. The summed E-state index contributed by atoms with van der Waals surface area (Å²) in [5.74, 6) is -7.81. The third kappa shape index (κ3) is 4.60. The van der Waals surface area contributed by atoms with Gasteiger partial charge in [0.2, 0.25) is 5.95 Å². The van der Waals surface area contributed by atoms with Gasteiger partial charge in [0, 0.05) is 37.2 Å². The van der Waals surface area contributed by atoms with Gasteiger partial charge in [-0.05, 0) is 26.2 Å². The molecule has 0 bridgehead atoms. The van der Waals surface area contributed by atoms with Crippen LogP contribution in [-0.2, 0) is 9.53 Å². The number of hydrogen-bond donors (Lipinski definition) is 1. The lowest BCUT2D eigenvalue weighted by molar-refractivity contribution is -0.139. The average molecular weight is 498 g/mol. The topological polar surface area (TPSA) is 83.5 Å². The first kappa shape index (κ1) is 23.6. The van der Waals surface area contributed by atoms with Gasteiger partial charge in [-0.3, -0.25) is 4.79 Å². The number of amides is 1. The van der Waals surface area contributed by atoms with Gasteiger partial charge in [0.1, 0.15) is 11.9 Å². The number of halogens is 5. The third-order valence-electron chi connectivity index (χ3n) is 6.49. The summed E-state index contributed by atoms with van der Waals surface area (Å²) in [7, 11) is 0. The number of nitrogens with one attached hydrogen (secondary N) is 1. The molecule has 0 radical (unpaired) electrons. The standard InChI is InChI=1S/C22H23F5N6O2/c1-11-16(23)18(25)31-19(17(11)24)29-15-7-13(28-21(30-15)33-9-22(26,27)10-33)12-4-5-32(8-12)20(34)14-3-2-6-35-14/h7,12,14H,2-6,8-10H2,1H3,(H,28,29,30,31). The van der Waals surface area contributed by atoms with Crippen molar-refractivity contribution < 1.29 is 31.5 Å². The molecule has 5 heterocycles. The van der Waals surface area contributed by atoms with E-state index in [0.29, 0.717) is 38.2 Å². The lowest BCUT2D eigenvalue weighted by atomic mass is 10.0. The predicted octanol–water partition coefficient (Wildman–Crippen LogP) is 3.29. The number of carbonyl (C=O) groups excluding carboxylic acids is 1. The third-order valence-corrected chi connectivity index (χ3v) is 6.49. The number of pyridine rings is 1. The number of hydrogen-bond acceptors (Lipinski definition) is 7. The zero-order valence-corrected chi connectivity index (χ0v) is 18.8. The Morgan fingerprint density at radius 3 is 2.60 bits per heavy atom. The smallest absolute Gasteiger partial charge is 0.282 e. The van der Waals surface area contributed by atoms with E-state index in [1.54, 1.807) is 4.90 Å². The fourth-order valence-corrected chi connectivity index (χ4v) is 4.53. The van der Waals surface area contributed by atoms with Gasteiger partial charge in [-0.25, -0.2) is 22.5 Å². The predicted molar refractivity (Wildman–Crippen MR) is 114 cm³/mol. The van der Waals surface area contributed by atoms with Gasteiger partial charge in [-0.15, -0.1) is 0 Å². The van der Waals surface area contributed by atoms with Crippen LogP contribution < -0.4 is 10.2 Å². The quantitative estimate of drug-likeness (QED) is 0.501. The van der Waals surface area contributed by atoms with Crippen molar-refractivity contribution in [3.05, 3.63) is 34.9 Å². The summed E-state index contributed by atoms with van der Waals surface area (Å²) in [5.41, 5.74) is -0.106. The van der Waals surface area contributed by atoms with E-state index in [9.17, 15) is 26.7 Å². The minimum absolute atomic E-state index is 0.0130. The second kappa shape index (κ2) is 8.85. The number of carbonyl (C=O) groups is 1. The molecule has 2 aromatic heterocycles. The molecule has 2 aromatic rings. The lowest BCUT2D eigenvalue weighted by Crippen LogP contribution is -2.57. The fraction of sp³-hybridized carbons (Fsp3) is 0.545. The highest BCUT2D eigenvalue weighted by molar-refractivity contribution is 5.81. The zero-order valence-electron chi connectivity index (χ0n) is 18.8. The summed E-state index contributed by atoms with van der Waals surface area (Å²) in [6.45, 7) is 1.28. The Kier molecular flexibility index (Phi) is 5.98. The van der Waals surface area contributed by atoms with Crippen LogP contribution in [0, 0.1) is 24.5 Å². The Morgan fingerprint density at radius 1 is 1.14 bits per heavy atom. The summed E-state index contributed by atoms with van der Waals surface area (Å²) >= 11 is 0. The van der Waals surface area contributed by atoms with E-state index >= 15 is 0 Å². The molecule has 8 nitrogen and oxygen atoms in total. The highest BCUT2D eigenvalue weighted by Gasteiger charge is 2.45. The van der Waals surface area contributed by atoms with E-state index in [-0.39, 0.29) is 23.6 Å². The highest BCUT2D eigenvalue weighted by Crippen LogP contribution is 2.34. The van der Waals surface area contributed by atoms with Crippen molar-refractivity contribution in [3.8, 4) is 0 Å². The van der Waals surface area contributed by atoms with E-state index in [0.717, 1.165) is 13.3 Å². The van der Waals surface area contributed by atoms with Crippen molar-refractivity contribution in [2.75, 3.05) is 43.0 Å². The molecule has 2 atom stereocenters. The molecule has 5 rings (SSSR count). The van der Waals surface area contributed by atoms with Crippen LogP contribution in [0.2, 0.25) is 0 Å². The Bertz CT molecular complexity index is 1150. The van der Waals surface area contributed by atoms with E-state index < -0.39 is 54.1 Å². The molecule has 3 saturated heterocycles. The van der Waals surface area contributed by atoms with Crippen LogP contribution in [0.4, 0.5) is 39.5 Å². The van der Waals surface area contributed by atoms with Crippen molar-refractivity contribution in [2.45, 2.75) is 44.1 Å². The van der Waals surface area contributed by atoms with Crippen LogP contribution >= 0.6 is 0 Å². The highest BCUT2D eigenvalue weighted by atomic mass is 19.3. The van der Waals surface area contributed by atoms with E-state index in [1.165, 1.54) is 11.0 Å². The number of nitrogens with zero attached hydrogens (tertiary/aromatic N) is 5. The molecule has 188 valence electrons. The number of rotatable bonds is 5. The number of aromatic nitrogens is 3. The first-order valence-corrected chi connectivity index (χ1v) is 11.3. The molecule has 2 unspecified atom stereocenters. The van der Waals surface area contributed by atoms with Crippen molar-refractivity contribution in [3.63, 3.8) is 0 Å². The molecule has 0 aliphatic carbocycles. The Labute approximate surface area is 197 Å². The molecule has 35 heavy (non-hydrogen) atoms. The molecule has 13 heteroatoms. The molecule has 1 amide bonds. The van der Waals surface area contributed by atoms with Crippen LogP contribution in [-0.4, -0.2) is 70.6 Å². The number of likely N-dealkylation sites (tertiary alicyclic amines) is 1.